The molecule has 0 unspecified atom stereocenters. The average Bonchev–Trinajstić information content (AvgIpc) is 3.28. The number of aryl methyl sites for hydroxylation is 2. The van der Waals surface area contributed by atoms with Crippen LogP contribution in [-0.4, -0.2) is 39.2 Å². The molecular formula is C19H20N4O3. The van der Waals surface area contributed by atoms with Crippen LogP contribution >= 0.6 is 0 Å². The van der Waals surface area contributed by atoms with Gasteiger partial charge >= 0.3 is 0 Å². The fraction of sp³-hybridized carbons (Fsp3) is 0.368. The Morgan fingerprint density at radius 3 is 2.69 bits per heavy atom. The lowest BCUT2D eigenvalue weighted by Crippen LogP contribution is -2.39. The van der Waals surface area contributed by atoms with E-state index in [-0.39, 0.29) is 11.8 Å². The average molecular weight is 352 g/mol. The first-order valence-corrected chi connectivity index (χ1v) is 8.74. The number of carbonyl (C=O) groups excluding carboxylic acids is 1. The number of rotatable bonds is 3. The second kappa shape index (κ2) is 6.74. The lowest BCUT2D eigenvalue weighted by molar-refractivity contribution is 0.0702. The highest BCUT2D eigenvalue weighted by Gasteiger charge is 2.31. The Morgan fingerprint density at radius 2 is 1.96 bits per heavy atom. The van der Waals surface area contributed by atoms with Crippen LogP contribution in [0, 0.1) is 13.8 Å². The molecule has 1 atom stereocenters. The number of nitrogens with zero attached hydrogens (tertiary/aromatic N) is 4. The molecule has 7 heteroatoms. The lowest BCUT2D eigenvalue weighted by atomic mass is 9.96. The first-order valence-electron chi connectivity index (χ1n) is 8.74. The Morgan fingerprint density at radius 1 is 1.15 bits per heavy atom. The highest BCUT2D eigenvalue weighted by Crippen LogP contribution is 2.30. The Labute approximate surface area is 151 Å². The van der Waals surface area contributed by atoms with Gasteiger partial charge in [0.1, 0.15) is 17.0 Å². The van der Waals surface area contributed by atoms with E-state index in [1.54, 1.807) is 13.8 Å². The molecule has 0 aliphatic carbocycles. The van der Waals surface area contributed by atoms with Crippen LogP contribution in [0.3, 0.4) is 0 Å². The van der Waals surface area contributed by atoms with Crippen molar-refractivity contribution in [3.05, 3.63) is 53.4 Å². The van der Waals surface area contributed by atoms with E-state index in [2.05, 4.69) is 15.3 Å². The van der Waals surface area contributed by atoms with Gasteiger partial charge in [-0.25, -0.2) is 0 Å². The molecule has 1 saturated heterocycles. The molecule has 0 spiro atoms. The van der Waals surface area contributed by atoms with Crippen LogP contribution in [0.2, 0.25) is 0 Å². The van der Waals surface area contributed by atoms with Crippen LogP contribution in [0.1, 0.15) is 46.6 Å². The van der Waals surface area contributed by atoms with Crippen molar-refractivity contribution in [3.63, 3.8) is 0 Å². The highest BCUT2D eigenvalue weighted by molar-refractivity contribution is 6.00. The molecule has 3 heterocycles. The Kier molecular flexibility index (Phi) is 4.28. The van der Waals surface area contributed by atoms with Gasteiger partial charge in [0.15, 0.2) is 5.82 Å². The number of hydrogen-bond donors (Lipinski definition) is 0. The molecule has 1 amide bonds. The molecule has 0 saturated carbocycles. The van der Waals surface area contributed by atoms with E-state index < -0.39 is 0 Å². The predicted molar refractivity (Wildman–Crippen MR) is 93.6 cm³/mol. The van der Waals surface area contributed by atoms with Crippen molar-refractivity contribution in [1.29, 1.82) is 0 Å². The highest BCUT2D eigenvalue weighted by atomic mass is 16.5. The summed E-state index contributed by atoms with van der Waals surface area (Å²) in [7, 11) is 0. The summed E-state index contributed by atoms with van der Waals surface area (Å²) >= 11 is 0. The predicted octanol–water partition coefficient (Wildman–Crippen LogP) is 3.36. The van der Waals surface area contributed by atoms with Gasteiger partial charge in [-0.15, -0.1) is 0 Å². The maximum Gasteiger partial charge on any atom is 0.259 e. The quantitative estimate of drug-likeness (QED) is 0.718. The summed E-state index contributed by atoms with van der Waals surface area (Å²) in [6, 6.07) is 9.62. The van der Waals surface area contributed by atoms with Gasteiger partial charge in [-0.1, -0.05) is 40.6 Å². The second-order valence-electron chi connectivity index (χ2n) is 6.59. The molecule has 1 aliphatic heterocycles. The first kappa shape index (κ1) is 16.5. The van der Waals surface area contributed by atoms with Crippen molar-refractivity contribution in [2.45, 2.75) is 32.6 Å². The Balaban J connectivity index is 1.61. The van der Waals surface area contributed by atoms with Gasteiger partial charge in [-0.05, 0) is 19.8 Å². The molecule has 1 fully saturated rings. The number of likely N-dealkylation sites (tertiary alicyclic amines) is 1. The van der Waals surface area contributed by atoms with Crippen LogP contribution in [-0.2, 0) is 0 Å². The fourth-order valence-corrected chi connectivity index (χ4v) is 3.43. The van der Waals surface area contributed by atoms with Gasteiger partial charge in [0, 0.05) is 31.5 Å². The van der Waals surface area contributed by atoms with E-state index in [4.69, 9.17) is 9.05 Å². The molecular weight excluding hydrogens is 332 g/mol. The summed E-state index contributed by atoms with van der Waals surface area (Å²) in [5.41, 5.74) is 1.99. The van der Waals surface area contributed by atoms with Crippen LogP contribution in [0.25, 0.3) is 11.3 Å². The summed E-state index contributed by atoms with van der Waals surface area (Å²) in [6.07, 6.45) is 1.84. The molecule has 3 aromatic rings. The number of piperidine rings is 1. The van der Waals surface area contributed by atoms with E-state index in [0.29, 0.717) is 41.8 Å². The SMILES string of the molecule is Cc1nc([C@@H]2CCCN(C(=O)c3c(-c4ccccc4)noc3C)C2)no1. The summed E-state index contributed by atoms with van der Waals surface area (Å²) < 4.78 is 10.4. The summed E-state index contributed by atoms with van der Waals surface area (Å²) in [4.78, 5) is 19.4. The van der Waals surface area contributed by atoms with Gasteiger partial charge < -0.3 is 13.9 Å². The first-order chi connectivity index (χ1) is 12.6. The van der Waals surface area contributed by atoms with E-state index in [9.17, 15) is 4.79 Å². The summed E-state index contributed by atoms with van der Waals surface area (Å²) in [6.45, 7) is 4.81. The van der Waals surface area contributed by atoms with E-state index in [0.717, 1.165) is 18.4 Å². The van der Waals surface area contributed by atoms with Gasteiger partial charge in [-0.3, -0.25) is 4.79 Å². The zero-order chi connectivity index (χ0) is 18.1. The number of benzene rings is 1. The van der Waals surface area contributed by atoms with Crippen molar-refractivity contribution >= 4 is 5.91 Å². The summed E-state index contributed by atoms with van der Waals surface area (Å²) in [5, 5.41) is 8.14. The fourth-order valence-electron chi connectivity index (χ4n) is 3.43. The van der Waals surface area contributed by atoms with Crippen LogP contribution in [0.15, 0.2) is 39.4 Å². The Hall–Kier alpha value is -2.96. The minimum atomic E-state index is -0.0625. The third-order valence-corrected chi connectivity index (χ3v) is 4.74. The normalized spacial score (nSPS) is 17.5. The molecule has 0 bridgehead atoms. The standard InChI is InChI=1S/C19H20N4O3/c1-12-16(17(21-25-12)14-7-4-3-5-8-14)19(24)23-10-6-9-15(11-23)18-20-13(2)26-22-18/h3-5,7-8,15H,6,9-11H2,1-2H3/t15-/m1/s1. The molecule has 1 aliphatic rings. The van der Waals surface area contributed by atoms with Crippen molar-refractivity contribution in [3.8, 4) is 11.3 Å². The summed E-state index contributed by atoms with van der Waals surface area (Å²) in [5.74, 6) is 1.78. The minimum Gasteiger partial charge on any atom is -0.360 e. The number of carbonyl (C=O) groups is 1. The van der Waals surface area contributed by atoms with E-state index in [1.807, 2.05) is 35.2 Å². The maximum atomic E-state index is 13.2. The number of hydrogen-bond acceptors (Lipinski definition) is 6. The minimum absolute atomic E-state index is 0.0625. The molecule has 1 aromatic carbocycles. The van der Waals surface area contributed by atoms with E-state index in [1.165, 1.54) is 0 Å². The largest absolute Gasteiger partial charge is 0.360 e. The molecule has 0 radical (unpaired) electrons. The van der Waals surface area contributed by atoms with Gasteiger partial charge in [-0.2, -0.15) is 4.98 Å². The monoisotopic (exact) mass is 352 g/mol. The molecule has 26 heavy (non-hydrogen) atoms. The number of amides is 1. The van der Waals surface area contributed by atoms with Gasteiger partial charge in [0.25, 0.3) is 5.91 Å². The zero-order valence-electron chi connectivity index (χ0n) is 14.8. The molecule has 7 nitrogen and oxygen atoms in total. The van der Waals surface area contributed by atoms with Crippen LogP contribution in [0.4, 0.5) is 0 Å². The van der Waals surface area contributed by atoms with Gasteiger partial charge in [0.05, 0.1) is 0 Å². The van der Waals surface area contributed by atoms with Crippen molar-refractivity contribution in [1.82, 2.24) is 20.2 Å². The van der Waals surface area contributed by atoms with Crippen molar-refractivity contribution in [2.24, 2.45) is 0 Å². The molecule has 2 aromatic heterocycles. The molecule has 4 rings (SSSR count). The third kappa shape index (κ3) is 3.00. The van der Waals surface area contributed by atoms with Crippen molar-refractivity contribution in [2.75, 3.05) is 13.1 Å². The second-order valence-corrected chi connectivity index (χ2v) is 6.59. The zero-order valence-corrected chi connectivity index (χ0v) is 14.8. The van der Waals surface area contributed by atoms with Crippen LogP contribution in [0.5, 0.6) is 0 Å². The Bertz CT molecular complexity index is 916. The number of aromatic nitrogens is 3. The third-order valence-electron chi connectivity index (χ3n) is 4.74. The topological polar surface area (TPSA) is 85.3 Å². The van der Waals surface area contributed by atoms with E-state index >= 15 is 0 Å². The lowest BCUT2D eigenvalue weighted by Gasteiger charge is -2.31. The van der Waals surface area contributed by atoms with Gasteiger partial charge in [0.2, 0.25) is 5.89 Å². The maximum absolute atomic E-state index is 13.2. The van der Waals surface area contributed by atoms with Crippen molar-refractivity contribution < 1.29 is 13.8 Å². The smallest absolute Gasteiger partial charge is 0.259 e. The van der Waals surface area contributed by atoms with Crippen LogP contribution < -0.4 is 0 Å². The molecule has 0 N–H and O–H groups in total. The molecule has 134 valence electrons.